The van der Waals surface area contributed by atoms with Gasteiger partial charge in [-0.15, -0.1) is 0 Å². The number of hydrogen-bond acceptors (Lipinski definition) is 4. The third-order valence-corrected chi connectivity index (χ3v) is 2.80. The van der Waals surface area contributed by atoms with Crippen molar-refractivity contribution in [3.8, 4) is 5.75 Å². The van der Waals surface area contributed by atoms with Gasteiger partial charge in [0.2, 0.25) is 0 Å². The van der Waals surface area contributed by atoms with E-state index in [2.05, 4.69) is 0 Å². The number of halogens is 1. The second-order valence-corrected chi connectivity index (χ2v) is 4.42. The van der Waals surface area contributed by atoms with Gasteiger partial charge in [-0.3, -0.25) is 4.79 Å². The maximum Gasteiger partial charge on any atom is 0.309 e. The summed E-state index contributed by atoms with van der Waals surface area (Å²) in [5, 5.41) is 0. The average Bonchev–Trinajstić information content (AvgIpc) is 2.49. The molecule has 110 valence electrons. The third kappa shape index (κ3) is 4.80. The van der Waals surface area contributed by atoms with Crippen LogP contribution in [0.2, 0.25) is 0 Å². The second-order valence-electron chi connectivity index (χ2n) is 4.42. The monoisotopic (exact) mass is 289 g/mol. The Morgan fingerprint density at radius 3 is 2.52 bits per heavy atom. The highest BCUT2D eigenvalue weighted by Crippen LogP contribution is 2.19. The van der Waals surface area contributed by atoms with E-state index in [0.717, 1.165) is 5.56 Å². The molecule has 0 saturated carbocycles. The zero-order valence-electron chi connectivity index (χ0n) is 11.4. The number of nitrogen functional groups attached to an aromatic ring is 1. The number of hydrogen-bond donors (Lipinski definition) is 1. The van der Waals surface area contributed by atoms with Crippen molar-refractivity contribution < 1.29 is 18.7 Å². The fourth-order valence-corrected chi connectivity index (χ4v) is 1.67. The van der Waals surface area contributed by atoms with Gasteiger partial charge in [-0.05, 0) is 29.8 Å². The first-order chi connectivity index (χ1) is 10.1. The van der Waals surface area contributed by atoms with E-state index in [-0.39, 0.29) is 31.4 Å². The highest BCUT2D eigenvalue weighted by molar-refractivity contribution is 5.69. The maximum atomic E-state index is 12.7. The summed E-state index contributed by atoms with van der Waals surface area (Å²) >= 11 is 0. The Morgan fingerprint density at radius 2 is 1.81 bits per heavy atom. The van der Waals surface area contributed by atoms with Crippen LogP contribution in [0.5, 0.6) is 5.75 Å². The highest BCUT2D eigenvalue weighted by Gasteiger charge is 2.05. The van der Waals surface area contributed by atoms with Gasteiger partial charge in [0.25, 0.3) is 0 Å². The van der Waals surface area contributed by atoms with Gasteiger partial charge in [0, 0.05) is 0 Å². The summed E-state index contributed by atoms with van der Waals surface area (Å²) in [7, 11) is 0. The van der Waals surface area contributed by atoms with Crippen molar-refractivity contribution in [1.82, 2.24) is 0 Å². The van der Waals surface area contributed by atoms with E-state index >= 15 is 0 Å². The first-order valence-electron chi connectivity index (χ1n) is 6.52. The lowest BCUT2D eigenvalue weighted by Crippen LogP contribution is -2.10. The number of rotatable bonds is 6. The number of esters is 1. The molecule has 5 heteroatoms. The van der Waals surface area contributed by atoms with Crippen LogP contribution in [0.3, 0.4) is 0 Å². The zero-order chi connectivity index (χ0) is 15.1. The Kier molecular flexibility index (Phi) is 5.15. The SMILES string of the molecule is Nc1ccccc1OCCC(=O)OCc1ccc(F)cc1. The van der Waals surface area contributed by atoms with Gasteiger partial charge in [-0.25, -0.2) is 4.39 Å². The smallest absolute Gasteiger partial charge is 0.309 e. The van der Waals surface area contributed by atoms with Crippen LogP contribution in [0, 0.1) is 5.82 Å². The molecule has 0 fully saturated rings. The van der Waals surface area contributed by atoms with E-state index in [1.165, 1.54) is 12.1 Å². The third-order valence-electron chi connectivity index (χ3n) is 2.80. The Hall–Kier alpha value is -2.56. The van der Waals surface area contributed by atoms with Gasteiger partial charge in [0.15, 0.2) is 0 Å². The van der Waals surface area contributed by atoms with Crippen LogP contribution in [0.4, 0.5) is 10.1 Å². The van der Waals surface area contributed by atoms with Crippen LogP contribution in [0.1, 0.15) is 12.0 Å². The van der Waals surface area contributed by atoms with Crippen molar-refractivity contribution in [2.45, 2.75) is 13.0 Å². The quantitative estimate of drug-likeness (QED) is 0.656. The fraction of sp³-hybridized carbons (Fsp3) is 0.188. The first-order valence-corrected chi connectivity index (χ1v) is 6.52. The van der Waals surface area contributed by atoms with Gasteiger partial charge in [0.1, 0.15) is 18.2 Å². The summed E-state index contributed by atoms with van der Waals surface area (Å²) in [5.41, 5.74) is 6.97. The van der Waals surface area contributed by atoms with E-state index in [9.17, 15) is 9.18 Å². The van der Waals surface area contributed by atoms with Crippen molar-refractivity contribution in [1.29, 1.82) is 0 Å². The molecule has 0 radical (unpaired) electrons. The van der Waals surface area contributed by atoms with E-state index in [0.29, 0.717) is 11.4 Å². The number of benzene rings is 2. The van der Waals surface area contributed by atoms with Crippen molar-refractivity contribution in [2.24, 2.45) is 0 Å². The van der Waals surface area contributed by atoms with E-state index in [1.807, 2.05) is 0 Å². The summed E-state index contributed by atoms with van der Waals surface area (Å²) in [5.74, 6) is -0.156. The highest BCUT2D eigenvalue weighted by atomic mass is 19.1. The first kappa shape index (κ1) is 14.8. The summed E-state index contributed by atoms with van der Waals surface area (Å²) in [6.45, 7) is 0.309. The molecule has 0 amide bonds. The van der Waals surface area contributed by atoms with Crippen molar-refractivity contribution in [3.05, 3.63) is 59.9 Å². The van der Waals surface area contributed by atoms with Crippen LogP contribution in [-0.2, 0) is 16.1 Å². The lowest BCUT2D eigenvalue weighted by Gasteiger charge is -2.08. The molecule has 0 aliphatic rings. The normalized spacial score (nSPS) is 10.1. The topological polar surface area (TPSA) is 61.5 Å². The van der Waals surface area contributed by atoms with Gasteiger partial charge < -0.3 is 15.2 Å². The molecule has 2 N–H and O–H groups in total. The molecule has 2 aromatic carbocycles. The number of nitrogens with two attached hydrogens (primary N) is 1. The Morgan fingerprint density at radius 1 is 1.10 bits per heavy atom. The molecule has 2 rings (SSSR count). The van der Waals surface area contributed by atoms with Crippen LogP contribution < -0.4 is 10.5 Å². The summed E-state index contributed by atoms with van der Waals surface area (Å²) in [6.07, 6.45) is 0.121. The summed E-state index contributed by atoms with van der Waals surface area (Å²) in [4.78, 5) is 11.6. The van der Waals surface area contributed by atoms with Crippen LogP contribution in [0.15, 0.2) is 48.5 Å². The Labute approximate surface area is 122 Å². The predicted molar refractivity (Wildman–Crippen MR) is 77.2 cm³/mol. The minimum atomic E-state index is -0.381. The summed E-state index contributed by atoms with van der Waals surface area (Å²) < 4.78 is 23.2. The van der Waals surface area contributed by atoms with Crippen LogP contribution in [0.25, 0.3) is 0 Å². The number of ether oxygens (including phenoxy) is 2. The number of anilines is 1. The molecule has 0 aliphatic carbocycles. The van der Waals surface area contributed by atoms with Gasteiger partial charge in [0.05, 0.1) is 18.7 Å². The Balaban J connectivity index is 1.70. The molecule has 0 aromatic heterocycles. The molecular formula is C16H16FNO3. The van der Waals surface area contributed by atoms with Crippen molar-refractivity contribution in [2.75, 3.05) is 12.3 Å². The van der Waals surface area contributed by atoms with E-state index in [1.54, 1.807) is 36.4 Å². The van der Waals surface area contributed by atoms with Crippen molar-refractivity contribution in [3.63, 3.8) is 0 Å². The molecule has 0 heterocycles. The number of carbonyl (C=O) groups excluding carboxylic acids is 1. The molecule has 21 heavy (non-hydrogen) atoms. The Bertz CT molecular complexity index is 599. The maximum absolute atomic E-state index is 12.7. The number of para-hydroxylation sites is 2. The lowest BCUT2D eigenvalue weighted by atomic mass is 10.2. The van der Waals surface area contributed by atoms with Crippen LogP contribution in [-0.4, -0.2) is 12.6 Å². The second kappa shape index (κ2) is 7.28. The molecule has 4 nitrogen and oxygen atoms in total. The molecule has 0 aliphatic heterocycles. The predicted octanol–water partition coefficient (Wildman–Crippen LogP) is 2.92. The van der Waals surface area contributed by atoms with Gasteiger partial charge in [-0.2, -0.15) is 0 Å². The minimum Gasteiger partial charge on any atom is -0.491 e. The fourth-order valence-electron chi connectivity index (χ4n) is 1.67. The van der Waals surface area contributed by atoms with E-state index in [4.69, 9.17) is 15.2 Å². The van der Waals surface area contributed by atoms with Gasteiger partial charge in [-0.1, -0.05) is 24.3 Å². The molecule has 0 unspecified atom stereocenters. The van der Waals surface area contributed by atoms with E-state index < -0.39 is 0 Å². The summed E-state index contributed by atoms with van der Waals surface area (Å²) in [6, 6.07) is 12.9. The largest absolute Gasteiger partial charge is 0.491 e. The molecule has 0 bridgehead atoms. The number of carbonyl (C=O) groups is 1. The lowest BCUT2D eigenvalue weighted by molar-refractivity contribution is -0.145. The minimum absolute atomic E-state index is 0.118. The average molecular weight is 289 g/mol. The zero-order valence-corrected chi connectivity index (χ0v) is 11.4. The molecular weight excluding hydrogens is 273 g/mol. The molecule has 2 aromatic rings. The standard InChI is InChI=1S/C16H16FNO3/c17-13-7-5-12(6-8-13)11-21-16(19)9-10-20-15-4-2-1-3-14(15)18/h1-8H,9-11,18H2. The van der Waals surface area contributed by atoms with Gasteiger partial charge >= 0.3 is 5.97 Å². The van der Waals surface area contributed by atoms with Crippen molar-refractivity contribution >= 4 is 11.7 Å². The molecule has 0 atom stereocenters. The molecule has 0 saturated heterocycles. The van der Waals surface area contributed by atoms with Crippen LogP contribution >= 0.6 is 0 Å². The molecule has 0 spiro atoms.